The molecule has 0 aliphatic carbocycles. The summed E-state index contributed by atoms with van der Waals surface area (Å²) in [5, 5.41) is 1.01. The number of pyridine rings is 1. The van der Waals surface area contributed by atoms with Crippen molar-refractivity contribution in [1.29, 1.82) is 0 Å². The molecule has 0 unspecified atom stereocenters. The number of hydrogen-bond donors (Lipinski definition) is 1. The van der Waals surface area contributed by atoms with E-state index in [-0.39, 0.29) is 0 Å². The van der Waals surface area contributed by atoms with E-state index < -0.39 is 29.2 Å². The van der Waals surface area contributed by atoms with Crippen molar-refractivity contribution < 1.29 is 27.5 Å². The number of ether oxygens (including phenoxy) is 1. The highest BCUT2D eigenvalue weighted by Gasteiger charge is 2.43. The van der Waals surface area contributed by atoms with E-state index in [1.165, 1.54) is 6.07 Å². The molecule has 0 amide bonds. The zero-order chi connectivity index (χ0) is 25.2. The zero-order valence-corrected chi connectivity index (χ0v) is 19.4. The fourth-order valence-electron chi connectivity index (χ4n) is 3.90. The summed E-state index contributed by atoms with van der Waals surface area (Å²) in [7, 11) is 1.95. The molecule has 10 heteroatoms. The maximum atomic E-state index is 12.6. The second-order valence-electron chi connectivity index (χ2n) is 7.90. The summed E-state index contributed by atoms with van der Waals surface area (Å²) in [6.07, 6.45) is -2.91. The van der Waals surface area contributed by atoms with Crippen LogP contribution in [0.5, 0.6) is 0 Å². The molecule has 3 rings (SSSR count). The van der Waals surface area contributed by atoms with Crippen molar-refractivity contribution in [2.75, 3.05) is 13.1 Å². The number of aromatic amines is 1. The van der Waals surface area contributed by atoms with Gasteiger partial charge >= 0.3 is 18.1 Å². The average Bonchev–Trinajstić information content (AvgIpc) is 3.10. The lowest BCUT2D eigenvalue weighted by Crippen LogP contribution is -2.30. The maximum Gasteiger partial charge on any atom is 0.491 e. The van der Waals surface area contributed by atoms with Crippen LogP contribution in [0.25, 0.3) is 22.2 Å². The van der Waals surface area contributed by atoms with Gasteiger partial charge in [-0.1, -0.05) is 26.8 Å². The molecule has 0 saturated heterocycles. The van der Waals surface area contributed by atoms with Crippen LogP contribution in [0.1, 0.15) is 42.3 Å². The second-order valence-corrected chi connectivity index (χ2v) is 7.90. The first-order chi connectivity index (χ1) is 16.0. The minimum Gasteiger partial charge on any atom is -0.382 e. The monoisotopic (exact) mass is 477 g/mol. The normalized spacial score (nSPS) is 11.9. The quantitative estimate of drug-likeness (QED) is 0.408. The predicted octanol–water partition coefficient (Wildman–Crippen LogP) is 4.18. The van der Waals surface area contributed by atoms with Gasteiger partial charge in [0.2, 0.25) is 0 Å². The molecule has 182 valence electrons. The summed E-state index contributed by atoms with van der Waals surface area (Å²) in [6.45, 7) is 8.51. The Hall–Kier alpha value is -3.40. The smallest absolute Gasteiger partial charge is 0.382 e. The molecule has 2 aromatic heterocycles. The van der Waals surface area contributed by atoms with Crippen LogP contribution >= 0.6 is 0 Å². The molecule has 34 heavy (non-hydrogen) atoms. The lowest BCUT2D eigenvalue weighted by Gasteiger charge is -2.17. The first-order valence-corrected chi connectivity index (χ1v) is 10.9. The van der Waals surface area contributed by atoms with Gasteiger partial charge in [-0.05, 0) is 54.4 Å². The number of fused-ring (bicyclic) bond motifs is 1. The lowest BCUT2D eigenvalue weighted by atomic mass is 10.00. The standard InChI is InChI=1S/C24H26F3N3O4/c1-5-14-10-18(22(32)34-23(33)24(25,26)27)21(31)28-20(14)15-8-9-19-17(11-15)16(12-29(19)4)13-30(6-2)7-3/h8-12H,5-7,13H2,1-4H3,(H,28,31). The fourth-order valence-corrected chi connectivity index (χ4v) is 3.90. The summed E-state index contributed by atoms with van der Waals surface area (Å²) in [6, 6.07) is 6.88. The topological polar surface area (TPSA) is 84.4 Å². The summed E-state index contributed by atoms with van der Waals surface area (Å²) in [5.74, 6) is -4.32. The van der Waals surface area contributed by atoms with Gasteiger partial charge in [-0.25, -0.2) is 9.59 Å². The SMILES string of the molecule is CCc1cc(C(=O)OC(=O)C(F)(F)F)c(=O)[nH]c1-c1ccc2c(c1)c(CN(CC)CC)cn2C. The lowest BCUT2D eigenvalue weighted by molar-refractivity contribution is -0.193. The Morgan fingerprint density at radius 1 is 1.09 bits per heavy atom. The molecular formula is C24H26F3N3O4. The van der Waals surface area contributed by atoms with Gasteiger partial charge in [0.15, 0.2) is 0 Å². The molecule has 1 aromatic carbocycles. The van der Waals surface area contributed by atoms with Crippen LogP contribution in [0, 0.1) is 0 Å². The first kappa shape index (κ1) is 25.2. The van der Waals surface area contributed by atoms with Gasteiger partial charge < -0.3 is 14.3 Å². The van der Waals surface area contributed by atoms with E-state index >= 15 is 0 Å². The molecule has 3 aromatic rings. The van der Waals surface area contributed by atoms with Gasteiger partial charge in [0.05, 0.1) is 5.69 Å². The first-order valence-electron chi connectivity index (χ1n) is 10.9. The van der Waals surface area contributed by atoms with Gasteiger partial charge in [-0.3, -0.25) is 9.69 Å². The van der Waals surface area contributed by atoms with Gasteiger partial charge in [-0.15, -0.1) is 0 Å². The zero-order valence-electron chi connectivity index (χ0n) is 19.4. The molecule has 7 nitrogen and oxygen atoms in total. The summed E-state index contributed by atoms with van der Waals surface area (Å²) in [4.78, 5) is 40.5. The van der Waals surface area contributed by atoms with Crippen LogP contribution in [0.3, 0.4) is 0 Å². The average molecular weight is 477 g/mol. The number of hydrogen-bond acceptors (Lipinski definition) is 5. The minimum atomic E-state index is -5.34. The highest BCUT2D eigenvalue weighted by atomic mass is 19.4. The van der Waals surface area contributed by atoms with Crippen LogP contribution < -0.4 is 5.56 Å². The Bertz CT molecular complexity index is 1290. The van der Waals surface area contributed by atoms with Crippen LogP contribution in [-0.4, -0.2) is 45.7 Å². The molecule has 0 radical (unpaired) electrons. The van der Waals surface area contributed by atoms with Crippen molar-refractivity contribution in [2.45, 2.75) is 39.9 Å². The highest BCUT2D eigenvalue weighted by molar-refractivity contribution is 5.98. The fraction of sp³-hybridized carbons (Fsp3) is 0.375. The van der Waals surface area contributed by atoms with E-state index in [4.69, 9.17) is 0 Å². The van der Waals surface area contributed by atoms with Crippen molar-refractivity contribution in [3.8, 4) is 11.3 Å². The van der Waals surface area contributed by atoms with E-state index in [0.717, 1.165) is 36.1 Å². The van der Waals surface area contributed by atoms with Crippen molar-refractivity contribution in [2.24, 2.45) is 7.05 Å². The van der Waals surface area contributed by atoms with Crippen LogP contribution in [-0.2, 0) is 29.5 Å². The Morgan fingerprint density at radius 3 is 2.35 bits per heavy atom. The summed E-state index contributed by atoms with van der Waals surface area (Å²) in [5.41, 5.74) is 2.19. The molecule has 0 fully saturated rings. The predicted molar refractivity (Wildman–Crippen MR) is 121 cm³/mol. The minimum absolute atomic E-state index is 0.374. The van der Waals surface area contributed by atoms with Crippen molar-refractivity contribution >= 4 is 22.8 Å². The maximum absolute atomic E-state index is 12.6. The largest absolute Gasteiger partial charge is 0.491 e. The van der Waals surface area contributed by atoms with Gasteiger partial charge in [0.25, 0.3) is 5.56 Å². The molecule has 0 aliphatic heterocycles. The third-order valence-electron chi connectivity index (χ3n) is 5.79. The van der Waals surface area contributed by atoms with Crippen molar-refractivity contribution in [1.82, 2.24) is 14.5 Å². The number of alkyl halides is 3. The van der Waals surface area contributed by atoms with Gasteiger partial charge in [0, 0.05) is 30.7 Å². The number of carbonyl (C=O) groups excluding carboxylic acids is 2. The number of carbonyl (C=O) groups is 2. The molecule has 0 bridgehead atoms. The third-order valence-corrected chi connectivity index (χ3v) is 5.79. The van der Waals surface area contributed by atoms with E-state index in [0.29, 0.717) is 23.2 Å². The molecule has 0 saturated carbocycles. The van der Waals surface area contributed by atoms with Crippen molar-refractivity contribution in [3.63, 3.8) is 0 Å². The number of nitrogens with one attached hydrogen (secondary N) is 1. The molecule has 0 atom stereocenters. The summed E-state index contributed by atoms with van der Waals surface area (Å²) >= 11 is 0. The number of H-pyrrole nitrogens is 1. The molecule has 0 spiro atoms. The molecule has 1 N–H and O–H groups in total. The Balaban J connectivity index is 2.05. The van der Waals surface area contributed by atoms with Gasteiger partial charge in [0.1, 0.15) is 5.56 Å². The summed E-state index contributed by atoms with van der Waals surface area (Å²) < 4.78 is 43.1. The Labute approximate surface area is 194 Å². The number of aryl methyl sites for hydroxylation is 2. The Kier molecular flexibility index (Phi) is 7.30. The van der Waals surface area contributed by atoms with Crippen LogP contribution in [0.2, 0.25) is 0 Å². The Morgan fingerprint density at radius 2 is 1.76 bits per heavy atom. The molecule has 0 aliphatic rings. The van der Waals surface area contributed by atoms with Crippen LogP contribution in [0.4, 0.5) is 13.2 Å². The van der Waals surface area contributed by atoms with E-state index in [9.17, 15) is 27.6 Å². The molecular weight excluding hydrogens is 451 g/mol. The van der Waals surface area contributed by atoms with Gasteiger partial charge in [-0.2, -0.15) is 13.2 Å². The van der Waals surface area contributed by atoms with Crippen molar-refractivity contribution in [3.05, 3.63) is 57.5 Å². The number of rotatable bonds is 7. The number of halogens is 3. The number of esters is 2. The number of benzene rings is 1. The third kappa shape index (κ3) is 5.06. The number of aromatic nitrogens is 2. The number of nitrogens with zero attached hydrogens (tertiary/aromatic N) is 2. The second kappa shape index (κ2) is 9.84. The molecule has 2 heterocycles. The van der Waals surface area contributed by atoms with E-state index in [1.54, 1.807) is 6.92 Å². The van der Waals surface area contributed by atoms with E-state index in [2.05, 4.69) is 34.7 Å². The van der Waals surface area contributed by atoms with E-state index in [1.807, 2.05) is 29.8 Å². The highest BCUT2D eigenvalue weighted by Crippen LogP contribution is 2.29. The van der Waals surface area contributed by atoms with Crippen LogP contribution in [0.15, 0.2) is 35.3 Å².